The van der Waals surface area contributed by atoms with Gasteiger partial charge in [0.05, 0.1) is 22.1 Å². The maximum absolute atomic E-state index is 6.53. The summed E-state index contributed by atoms with van der Waals surface area (Å²) in [6, 6.07) is 74.0. The molecule has 278 valence electrons. The van der Waals surface area contributed by atoms with Gasteiger partial charge in [0.1, 0.15) is 11.2 Å². The van der Waals surface area contributed by atoms with Crippen molar-refractivity contribution >= 4 is 98.5 Å². The van der Waals surface area contributed by atoms with Crippen LogP contribution in [0.4, 0.5) is 17.1 Å². The summed E-state index contributed by atoms with van der Waals surface area (Å²) in [5, 5.41) is 6.96. The lowest BCUT2D eigenvalue weighted by molar-refractivity contribution is 0.669. The van der Waals surface area contributed by atoms with Crippen molar-refractivity contribution in [3.63, 3.8) is 0 Å². The molecule has 0 saturated heterocycles. The van der Waals surface area contributed by atoms with Gasteiger partial charge in [0.15, 0.2) is 0 Å². The van der Waals surface area contributed by atoms with E-state index in [4.69, 9.17) is 4.42 Å². The molecule has 0 aliphatic carbocycles. The smallest absolute Gasteiger partial charge is 0.136 e. The highest BCUT2D eigenvalue weighted by Crippen LogP contribution is 2.43. The number of para-hydroxylation sites is 4. The average Bonchev–Trinajstić information content (AvgIpc) is 3.93. The Morgan fingerprint density at radius 3 is 1.81 bits per heavy atom. The topological polar surface area (TPSA) is 26.2 Å². The predicted octanol–water partition coefficient (Wildman–Crippen LogP) is 15.7. The highest BCUT2D eigenvalue weighted by Gasteiger charge is 2.21. The highest BCUT2D eigenvalue weighted by molar-refractivity contribution is 9.10. The summed E-state index contributed by atoms with van der Waals surface area (Å²) in [7, 11) is 0. The van der Waals surface area contributed by atoms with Gasteiger partial charge in [-0.15, -0.1) is 0 Å². The van der Waals surface area contributed by atoms with Gasteiger partial charge < -0.3 is 18.5 Å². The van der Waals surface area contributed by atoms with Crippen LogP contribution in [0.1, 0.15) is 0 Å². The second-order valence-corrected chi connectivity index (χ2v) is 16.0. The molecule has 0 bridgehead atoms. The third-order valence-corrected chi connectivity index (χ3v) is 12.2. The second-order valence-electron chi connectivity index (χ2n) is 15.1. The van der Waals surface area contributed by atoms with Gasteiger partial charge in [0.25, 0.3) is 0 Å². The maximum atomic E-state index is 6.53. The van der Waals surface area contributed by atoms with E-state index in [1.54, 1.807) is 0 Å². The Balaban J connectivity index is 1.13. The van der Waals surface area contributed by atoms with Crippen molar-refractivity contribution in [3.8, 4) is 22.5 Å². The first-order valence-corrected chi connectivity index (χ1v) is 20.7. The van der Waals surface area contributed by atoms with Gasteiger partial charge >= 0.3 is 0 Å². The predicted molar refractivity (Wildman–Crippen MR) is 250 cm³/mol. The fraction of sp³-hybridized carbons (Fsp3) is 0. The number of furan rings is 1. The van der Waals surface area contributed by atoms with E-state index in [-0.39, 0.29) is 0 Å². The standard InChI is InChI=1S/C54H34BrN3O/c55-37-15-11-13-35(29-37)36-14-12-20-40(30-36)56(38-16-3-1-4-17-38)41-26-28-50-46(31-41)47-34-54-48(45-22-8-10-24-53(45)59-54)33-52(47)58(50)42-25-27-44-43-21-7-9-23-49(43)57(51(44)32-42)39-18-5-2-6-19-39/h1-34H. The van der Waals surface area contributed by atoms with E-state index >= 15 is 0 Å². The molecule has 0 spiro atoms. The fourth-order valence-electron chi connectivity index (χ4n) is 9.11. The van der Waals surface area contributed by atoms with Gasteiger partial charge in [0.2, 0.25) is 0 Å². The lowest BCUT2D eigenvalue weighted by Gasteiger charge is -2.26. The first kappa shape index (κ1) is 33.8. The van der Waals surface area contributed by atoms with Crippen LogP contribution in [0.5, 0.6) is 0 Å². The van der Waals surface area contributed by atoms with E-state index in [1.807, 2.05) is 6.07 Å². The molecular formula is C54H34BrN3O. The first-order chi connectivity index (χ1) is 29.2. The quantitative estimate of drug-likeness (QED) is 0.167. The molecule has 12 rings (SSSR count). The van der Waals surface area contributed by atoms with Crippen LogP contribution in [0.2, 0.25) is 0 Å². The number of nitrogens with zero attached hydrogens (tertiary/aromatic N) is 3. The van der Waals surface area contributed by atoms with Crippen LogP contribution in [0.25, 0.3) is 88.1 Å². The number of anilines is 3. The van der Waals surface area contributed by atoms with Crippen molar-refractivity contribution in [1.82, 2.24) is 9.13 Å². The molecule has 0 unspecified atom stereocenters. The second kappa shape index (κ2) is 13.4. The van der Waals surface area contributed by atoms with E-state index in [0.717, 1.165) is 93.3 Å². The van der Waals surface area contributed by atoms with E-state index in [1.165, 1.54) is 16.3 Å². The number of halogens is 1. The molecule has 3 heterocycles. The van der Waals surface area contributed by atoms with Gasteiger partial charge in [-0.1, -0.05) is 119 Å². The Bertz CT molecular complexity index is 3580. The summed E-state index contributed by atoms with van der Waals surface area (Å²) < 4.78 is 12.4. The van der Waals surface area contributed by atoms with Crippen LogP contribution in [-0.2, 0) is 0 Å². The highest BCUT2D eigenvalue weighted by atomic mass is 79.9. The lowest BCUT2D eigenvalue weighted by Crippen LogP contribution is -2.10. The molecule has 9 aromatic carbocycles. The van der Waals surface area contributed by atoms with Crippen LogP contribution in [0.15, 0.2) is 215 Å². The molecule has 4 nitrogen and oxygen atoms in total. The number of aromatic nitrogens is 2. The maximum Gasteiger partial charge on any atom is 0.136 e. The minimum atomic E-state index is 0.879. The Kier molecular flexibility index (Phi) is 7.65. The zero-order chi connectivity index (χ0) is 39.0. The largest absolute Gasteiger partial charge is 0.456 e. The molecule has 0 aliphatic rings. The Labute approximate surface area is 348 Å². The summed E-state index contributed by atoms with van der Waals surface area (Å²) in [6.07, 6.45) is 0. The van der Waals surface area contributed by atoms with Crippen molar-refractivity contribution in [2.45, 2.75) is 0 Å². The van der Waals surface area contributed by atoms with Crippen LogP contribution < -0.4 is 4.90 Å². The average molecular weight is 821 g/mol. The number of hydrogen-bond donors (Lipinski definition) is 0. The summed E-state index contributed by atoms with van der Waals surface area (Å²) in [5.74, 6) is 0. The zero-order valence-electron chi connectivity index (χ0n) is 31.8. The summed E-state index contributed by atoms with van der Waals surface area (Å²) in [5.41, 5.74) is 14.1. The number of hydrogen-bond acceptors (Lipinski definition) is 2. The van der Waals surface area contributed by atoms with Crippen molar-refractivity contribution in [3.05, 3.63) is 211 Å². The van der Waals surface area contributed by atoms with Gasteiger partial charge in [0, 0.05) is 65.2 Å². The third kappa shape index (κ3) is 5.43. The minimum absolute atomic E-state index is 0.879. The number of rotatable bonds is 6. The normalized spacial score (nSPS) is 11.8. The van der Waals surface area contributed by atoms with Crippen molar-refractivity contribution < 1.29 is 4.42 Å². The molecule has 0 saturated carbocycles. The molecule has 3 aromatic heterocycles. The molecule has 59 heavy (non-hydrogen) atoms. The molecule has 0 atom stereocenters. The molecule has 12 aromatic rings. The van der Waals surface area contributed by atoms with Gasteiger partial charge in [-0.05, 0) is 114 Å². The van der Waals surface area contributed by atoms with E-state index in [2.05, 4.69) is 230 Å². The monoisotopic (exact) mass is 819 g/mol. The molecular weight excluding hydrogens is 787 g/mol. The molecule has 0 N–H and O–H groups in total. The van der Waals surface area contributed by atoms with E-state index in [9.17, 15) is 0 Å². The Morgan fingerprint density at radius 1 is 0.339 bits per heavy atom. The Hall–Kier alpha value is -7.34. The SMILES string of the molecule is Brc1cccc(-c2cccc(N(c3ccccc3)c3ccc4c(c3)c3cc5oc6ccccc6c5cc3n4-c3ccc4c5ccccc5n(-c5ccccc5)c4c3)c2)c1. The van der Waals surface area contributed by atoms with Crippen molar-refractivity contribution in [2.24, 2.45) is 0 Å². The van der Waals surface area contributed by atoms with Crippen molar-refractivity contribution in [2.75, 3.05) is 4.90 Å². The Morgan fingerprint density at radius 2 is 0.966 bits per heavy atom. The molecule has 0 radical (unpaired) electrons. The van der Waals surface area contributed by atoms with Crippen LogP contribution in [0.3, 0.4) is 0 Å². The number of fused-ring (bicyclic) bond motifs is 9. The molecule has 5 heteroatoms. The first-order valence-electron chi connectivity index (χ1n) is 19.9. The van der Waals surface area contributed by atoms with E-state index < -0.39 is 0 Å². The number of benzene rings is 9. The van der Waals surface area contributed by atoms with Gasteiger partial charge in [-0.25, -0.2) is 0 Å². The van der Waals surface area contributed by atoms with Crippen molar-refractivity contribution in [1.29, 1.82) is 0 Å². The summed E-state index contributed by atoms with van der Waals surface area (Å²) >= 11 is 3.68. The van der Waals surface area contributed by atoms with Gasteiger partial charge in [-0.2, -0.15) is 0 Å². The zero-order valence-corrected chi connectivity index (χ0v) is 33.3. The third-order valence-electron chi connectivity index (χ3n) is 11.7. The molecule has 0 amide bonds. The molecule has 0 aliphatic heterocycles. The lowest BCUT2D eigenvalue weighted by atomic mass is 10.0. The van der Waals surface area contributed by atoms with Gasteiger partial charge in [-0.3, -0.25) is 0 Å². The van der Waals surface area contributed by atoms with Crippen LogP contribution in [-0.4, -0.2) is 9.13 Å². The summed E-state index contributed by atoms with van der Waals surface area (Å²) in [4.78, 5) is 2.36. The molecule has 0 fully saturated rings. The van der Waals surface area contributed by atoms with Crippen LogP contribution >= 0.6 is 15.9 Å². The van der Waals surface area contributed by atoms with E-state index in [0.29, 0.717) is 0 Å². The van der Waals surface area contributed by atoms with Crippen LogP contribution in [0, 0.1) is 0 Å². The fourth-order valence-corrected chi connectivity index (χ4v) is 9.51. The summed E-state index contributed by atoms with van der Waals surface area (Å²) in [6.45, 7) is 0. The minimum Gasteiger partial charge on any atom is -0.456 e.